The van der Waals surface area contributed by atoms with E-state index in [-0.39, 0.29) is 17.9 Å². The molecule has 0 saturated carbocycles. The summed E-state index contributed by atoms with van der Waals surface area (Å²) in [5, 5.41) is 17.3. The van der Waals surface area contributed by atoms with Crippen molar-refractivity contribution in [2.45, 2.75) is 12.7 Å². The summed E-state index contributed by atoms with van der Waals surface area (Å²) in [7, 11) is 0. The summed E-state index contributed by atoms with van der Waals surface area (Å²) >= 11 is 0. The Morgan fingerprint density at radius 1 is 1.63 bits per heavy atom. The van der Waals surface area contributed by atoms with Crippen LogP contribution in [0.2, 0.25) is 0 Å². The van der Waals surface area contributed by atoms with Crippen LogP contribution in [0.25, 0.3) is 0 Å². The number of aliphatic imine (C=N–C) groups is 1. The zero-order chi connectivity index (χ0) is 14.5. The number of hydrogen-bond donors (Lipinski definition) is 1. The van der Waals surface area contributed by atoms with Crippen molar-refractivity contribution in [2.75, 3.05) is 6.54 Å². The molecule has 1 heterocycles. The van der Waals surface area contributed by atoms with E-state index in [9.17, 15) is 23.3 Å². The smallest absolute Gasteiger partial charge is 0.323 e. The third-order valence-electron chi connectivity index (χ3n) is 1.83. The minimum atomic E-state index is -4.42. The number of hydrogen-bond acceptors (Lipinski definition) is 6. The number of alkyl halides is 3. The van der Waals surface area contributed by atoms with Gasteiger partial charge >= 0.3 is 11.9 Å². The molecule has 0 aliphatic heterocycles. The average Bonchev–Trinajstić information content (AvgIpc) is 2.74. The Kier molecular flexibility index (Phi) is 4.56. The quantitative estimate of drug-likeness (QED) is 0.370. The van der Waals surface area contributed by atoms with Gasteiger partial charge in [0.25, 0.3) is 0 Å². The summed E-state index contributed by atoms with van der Waals surface area (Å²) in [4.78, 5) is 12.9. The molecule has 104 valence electrons. The van der Waals surface area contributed by atoms with E-state index in [0.717, 1.165) is 23.3 Å². The second kappa shape index (κ2) is 5.93. The highest BCUT2D eigenvalue weighted by atomic mass is 19.4. The molecule has 0 aromatic carbocycles. The Morgan fingerprint density at radius 3 is 2.79 bits per heavy atom. The molecular formula is C8H9F3N6O2. The van der Waals surface area contributed by atoms with Crippen LogP contribution in [0.3, 0.4) is 0 Å². The first-order valence-electron chi connectivity index (χ1n) is 4.82. The Morgan fingerprint density at radius 2 is 2.32 bits per heavy atom. The zero-order valence-corrected chi connectivity index (χ0v) is 9.41. The highest BCUT2D eigenvalue weighted by molar-refractivity contribution is 6.30. The predicted molar refractivity (Wildman–Crippen MR) is 59.9 cm³/mol. The fourth-order valence-electron chi connectivity index (χ4n) is 1.07. The molecule has 0 atom stereocenters. The fourth-order valence-corrected chi connectivity index (χ4v) is 1.07. The van der Waals surface area contributed by atoms with E-state index in [0.29, 0.717) is 0 Å². The molecule has 2 N–H and O–H groups in total. The maximum Gasteiger partial charge on any atom is 0.407 e. The largest absolute Gasteiger partial charge is 0.407 e. The van der Waals surface area contributed by atoms with Gasteiger partial charge in [0.1, 0.15) is 18.9 Å². The highest BCUT2D eigenvalue weighted by Crippen LogP contribution is 2.14. The SMILES string of the molecule is NN=C(C=NCC(F)(F)F)Cn1cc([N+](=O)[O-])cn1. The standard InChI is InChI=1S/C8H9F3N6O2/c9-8(10,11)5-13-1-6(15-12)3-16-4-7(2-14-16)17(18)19/h1-2,4H,3,5,12H2. The number of hydrazone groups is 1. The van der Waals surface area contributed by atoms with Crippen LogP contribution in [0.5, 0.6) is 0 Å². The maximum atomic E-state index is 11.9. The van der Waals surface area contributed by atoms with Crippen molar-refractivity contribution in [3.63, 3.8) is 0 Å². The molecule has 0 fully saturated rings. The van der Waals surface area contributed by atoms with Crippen molar-refractivity contribution in [1.29, 1.82) is 0 Å². The van der Waals surface area contributed by atoms with Gasteiger partial charge in [-0.2, -0.15) is 23.4 Å². The van der Waals surface area contributed by atoms with E-state index >= 15 is 0 Å². The molecule has 1 rings (SSSR count). The first-order chi connectivity index (χ1) is 8.81. The van der Waals surface area contributed by atoms with Crippen molar-refractivity contribution in [3.05, 3.63) is 22.5 Å². The van der Waals surface area contributed by atoms with Crippen LogP contribution >= 0.6 is 0 Å². The number of halogens is 3. The van der Waals surface area contributed by atoms with Crippen molar-refractivity contribution in [3.8, 4) is 0 Å². The van der Waals surface area contributed by atoms with E-state index < -0.39 is 17.6 Å². The Hall–Kier alpha value is -2.46. The molecule has 19 heavy (non-hydrogen) atoms. The van der Waals surface area contributed by atoms with Crippen molar-refractivity contribution in [1.82, 2.24) is 9.78 Å². The minimum absolute atomic E-state index is 0.00208. The highest BCUT2D eigenvalue weighted by Gasteiger charge is 2.25. The van der Waals surface area contributed by atoms with Crippen LogP contribution in [0.1, 0.15) is 0 Å². The van der Waals surface area contributed by atoms with E-state index in [2.05, 4.69) is 15.2 Å². The summed E-state index contributed by atoms with van der Waals surface area (Å²) in [5.74, 6) is 4.98. The number of rotatable bonds is 5. The summed E-state index contributed by atoms with van der Waals surface area (Å²) < 4.78 is 36.7. The number of nitrogens with zero attached hydrogens (tertiary/aromatic N) is 5. The molecule has 0 spiro atoms. The van der Waals surface area contributed by atoms with Crippen LogP contribution in [0, 0.1) is 10.1 Å². The number of nitrogens with two attached hydrogens (primary N) is 1. The Labute approximate surface area is 104 Å². The van der Waals surface area contributed by atoms with Crippen LogP contribution in [0.4, 0.5) is 18.9 Å². The second-order valence-corrected chi connectivity index (χ2v) is 3.36. The third-order valence-corrected chi connectivity index (χ3v) is 1.83. The molecule has 0 radical (unpaired) electrons. The molecule has 0 aliphatic rings. The lowest BCUT2D eigenvalue weighted by atomic mass is 10.4. The van der Waals surface area contributed by atoms with Crippen LogP contribution in [0.15, 0.2) is 22.5 Å². The molecule has 1 aromatic heterocycles. The van der Waals surface area contributed by atoms with E-state index in [1.807, 2.05) is 0 Å². The normalized spacial score (nSPS) is 13.1. The fraction of sp³-hybridized carbons (Fsp3) is 0.375. The predicted octanol–water partition coefficient (Wildman–Crippen LogP) is 0.739. The number of nitro groups is 1. The van der Waals surface area contributed by atoms with Gasteiger partial charge in [0.15, 0.2) is 0 Å². The van der Waals surface area contributed by atoms with Gasteiger partial charge in [-0.3, -0.25) is 19.8 Å². The lowest BCUT2D eigenvalue weighted by molar-refractivity contribution is -0.385. The second-order valence-electron chi connectivity index (χ2n) is 3.36. The first-order valence-corrected chi connectivity index (χ1v) is 4.82. The molecule has 0 bridgehead atoms. The molecule has 0 unspecified atom stereocenters. The monoisotopic (exact) mass is 278 g/mol. The van der Waals surface area contributed by atoms with Gasteiger partial charge in [0.2, 0.25) is 0 Å². The van der Waals surface area contributed by atoms with E-state index in [4.69, 9.17) is 5.84 Å². The van der Waals surface area contributed by atoms with Crippen molar-refractivity contribution >= 4 is 17.6 Å². The molecule has 11 heteroatoms. The summed E-state index contributed by atoms with van der Waals surface area (Å²) in [6.45, 7) is -1.48. The summed E-state index contributed by atoms with van der Waals surface area (Å²) in [6.07, 6.45) is -1.47. The molecule has 8 nitrogen and oxygen atoms in total. The molecule has 0 saturated heterocycles. The van der Waals surface area contributed by atoms with E-state index in [1.165, 1.54) is 0 Å². The van der Waals surface area contributed by atoms with Gasteiger partial charge in [-0.25, -0.2) is 0 Å². The zero-order valence-electron chi connectivity index (χ0n) is 9.41. The molecule has 1 aromatic rings. The van der Waals surface area contributed by atoms with Gasteiger partial charge in [-0.05, 0) is 0 Å². The van der Waals surface area contributed by atoms with E-state index in [1.54, 1.807) is 0 Å². The molecule has 0 amide bonds. The third kappa shape index (κ3) is 5.14. The molecular weight excluding hydrogens is 269 g/mol. The van der Waals surface area contributed by atoms with Crippen molar-refractivity contribution in [2.24, 2.45) is 15.9 Å². The summed E-state index contributed by atoms with van der Waals surface area (Å²) in [5.41, 5.74) is -0.245. The lowest BCUT2D eigenvalue weighted by Gasteiger charge is -2.02. The Balaban J connectivity index is 2.64. The maximum absolute atomic E-state index is 11.9. The molecule has 0 aliphatic carbocycles. The van der Waals surface area contributed by atoms with Crippen LogP contribution in [-0.2, 0) is 6.54 Å². The first kappa shape index (κ1) is 14.6. The van der Waals surface area contributed by atoms with Gasteiger partial charge < -0.3 is 5.84 Å². The van der Waals surface area contributed by atoms with Crippen LogP contribution < -0.4 is 5.84 Å². The summed E-state index contributed by atoms with van der Waals surface area (Å²) in [6, 6.07) is 0. The van der Waals surface area contributed by atoms with Gasteiger partial charge in [-0.1, -0.05) is 0 Å². The van der Waals surface area contributed by atoms with Gasteiger partial charge in [0.05, 0.1) is 17.2 Å². The van der Waals surface area contributed by atoms with Gasteiger partial charge in [0, 0.05) is 6.21 Å². The Bertz CT molecular complexity index is 507. The average molecular weight is 278 g/mol. The van der Waals surface area contributed by atoms with Gasteiger partial charge in [-0.15, -0.1) is 0 Å². The minimum Gasteiger partial charge on any atom is -0.323 e. The number of aromatic nitrogens is 2. The van der Waals surface area contributed by atoms with Crippen molar-refractivity contribution < 1.29 is 18.1 Å². The lowest BCUT2D eigenvalue weighted by Crippen LogP contribution is -2.17. The topological polar surface area (TPSA) is 112 Å². The van der Waals surface area contributed by atoms with Crippen LogP contribution in [-0.4, -0.2) is 39.4 Å².